The van der Waals surface area contributed by atoms with Crippen molar-refractivity contribution in [3.63, 3.8) is 0 Å². The van der Waals surface area contributed by atoms with E-state index in [1.165, 1.54) is 6.92 Å². The van der Waals surface area contributed by atoms with E-state index >= 15 is 0 Å². The molecule has 1 aromatic heterocycles. The van der Waals surface area contributed by atoms with Crippen LogP contribution < -0.4 is 10.6 Å². The summed E-state index contributed by atoms with van der Waals surface area (Å²) in [7, 11) is 0. The van der Waals surface area contributed by atoms with Crippen molar-refractivity contribution in [2.45, 2.75) is 52.2 Å². The summed E-state index contributed by atoms with van der Waals surface area (Å²) < 4.78 is 2.06. The molecule has 7 heteroatoms. The SMILES string of the molecule is CC(=O)N[C@@H](CC(=O)NCc1nnc2n1CCC2)c1ccc(C)cc1. The summed E-state index contributed by atoms with van der Waals surface area (Å²) in [5.41, 5.74) is 2.05. The monoisotopic (exact) mass is 341 g/mol. The van der Waals surface area contributed by atoms with Crippen LogP contribution in [0.1, 0.15) is 48.6 Å². The molecule has 132 valence electrons. The van der Waals surface area contributed by atoms with Crippen LogP contribution in [-0.2, 0) is 29.1 Å². The second-order valence-electron chi connectivity index (χ2n) is 6.43. The molecule has 1 aliphatic rings. The minimum Gasteiger partial charge on any atom is -0.349 e. The van der Waals surface area contributed by atoms with Gasteiger partial charge in [0.1, 0.15) is 5.82 Å². The molecule has 0 radical (unpaired) electrons. The molecule has 0 unspecified atom stereocenters. The molecule has 1 aromatic carbocycles. The number of fused-ring (bicyclic) bond motifs is 1. The summed E-state index contributed by atoms with van der Waals surface area (Å²) in [5, 5.41) is 14.0. The number of aromatic nitrogens is 3. The highest BCUT2D eigenvalue weighted by atomic mass is 16.2. The van der Waals surface area contributed by atoms with Gasteiger partial charge in [-0.2, -0.15) is 0 Å². The second kappa shape index (κ2) is 7.46. The average molecular weight is 341 g/mol. The molecule has 0 saturated carbocycles. The predicted molar refractivity (Wildman–Crippen MR) is 92.5 cm³/mol. The van der Waals surface area contributed by atoms with Gasteiger partial charge in [0.15, 0.2) is 5.82 Å². The third kappa shape index (κ3) is 4.23. The largest absolute Gasteiger partial charge is 0.349 e. The van der Waals surface area contributed by atoms with Gasteiger partial charge in [0.05, 0.1) is 19.0 Å². The highest BCUT2D eigenvalue weighted by molar-refractivity contribution is 5.79. The lowest BCUT2D eigenvalue weighted by Gasteiger charge is -2.18. The van der Waals surface area contributed by atoms with E-state index in [1.54, 1.807) is 0 Å². The predicted octanol–water partition coefficient (Wildman–Crippen LogP) is 1.42. The van der Waals surface area contributed by atoms with Crippen molar-refractivity contribution in [3.05, 3.63) is 47.0 Å². The zero-order chi connectivity index (χ0) is 17.8. The lowest BCUT2D eigenvalue weighted by molar-refractivity contribution is -0.123. The Labute approximate surface area is 146 Å². The summed E-state index contributed by atoms with van der Waals surface area (Å²) >= 11 is 0. The van der Waals surface area contributed by atoms with Crippen LogP contribution in [0.15, 0.2) is 24.3 Å². The highest BCUT2D eigenvalue weighted by Gasteiger charge is 2.20. The summed E-state index contributed by atoms with van der Waals surface area (Å²) in [4.78, 5) is 23.8. The van der Waals surface area contributed by atoms with Gasteiger partial charge in [-0.3, -0.25) is 9.59 Å². The van der Waals surface area contributed by atoms with Gasteiger partial charge in [0.25, 0.3) is 0 Å². The van der Waals surface area contributed by atoms with Gasteiger partial charge in [-0.25, -0.2) is 0 Å². The van der Waals surface area contributed by atoms with Crippen LogP contribution in [0.3, 0.4) is 0 Å². The molecular formula is C18H23N5O2. The molecule has 2 N–H and O–H groups in total. The van der Waals surface area contributed by atoms with Crippen molar-refractivity contribution < 1.29 is 9.59 Å². The Bertz CT molecular complexity index is 766. The Kier molecular flexibility index (Phi) is 5.11. The van der Waals surface area contributed by atoms with Crippen LogP contribution in [0.2, 0.25) is 0 Å². The maximum Gasteiger partial charge on any atom is 0.222 e. The number of carbonyl (C=O) groups is 2. The number of carbonyl (C=O) groups excluding carboxylic acids is 2. The average Bonchev–Trinajstić information content (AvgIpc) is 3.16. The number of rotatable bonds is 6. The van der Waals surface area contributed by atoms with Crippen molar-refractivity contribution in [2.75, 3.05) is 0 Å². The summed E-state index contributed by atoms with van der Waals surface area (Å²) in [6, 6.07) is 7.48. The van der Waals surface area contributed by atoms with Crippen LogP contribution in [-0.4, -0.2) is 26.6 Å². The maximum absolute atomic E-state index is 12.4. The van der Waals surface area contributed by atoms with Crippen LogP contribution in [0, 0.1) is 6.92 Å². The first-order valence-corrected chi connectivity index (χ1v) is 8.54. The topological polar surface area (TPSA) is 88.9 Å². The van der Waals surface area contributed by atoms with E-state index in [0.29, 0.717) is 6.54 Å². The smallest absolute Gasteiger partial charge is 0.222 e. The van der Waals surface area contributed by atoms with Crippen LogP contribution in [0.5, 0.6) is 0 Å². The van der Waals surface area contributed by atoms with Gasteiger partial charge >= 0.3 is 0 Å². The Morgan fingerprint density at radius 3 is 2.72 bits per heavy atom. The zero-order valence-electron chi connectivity index (χ0n) is 14.6. The molecule has 0 bridgehead atoms. The third-order valence-electron chi connectivity index (χ3n) is 4.38. The number of hydrogen-bond donors (Lipinski definition) is 2. The van der Waals surface area contributed by atoms with Crippen molar-refractivity contribution in [1.29, 1.82) is 0 Å². The molecular weight excluding hydrogens is 318 g/mol. The number of amides is 2. The molecule has 2 amide bonds. The Balaban J connectivity index is 1.61. The number of benzene rings is 1. The number of aryl methyl sites for hydroxylation is 2. The molecule has 0 fully saturated rings. The molecule has 1 atom stereocenters. The van der Waals surface area contributed by atoms with Gasteiger partial charge in [0.2, 0.25) is 11.8 Å². The minimum absolute atomic E-state index is 0.130. The van der Waals surface area contributed by atoms with Crippen molar-refractivity contribution >= 4 is 11.8 Å². The number of nitrogens with zero attached hydrogens (tertiary/aromatic N) is 3. The molecule has 0 spiro atoms. The van der Waals surface area contributed by atoms with Crippen molar-refractivity contribution in [1.82, 2.24) is 25.4 Å². The van der Waals surface area contributed by atoms with E-state index in [-0.39, 0.29) is 24.3 Å². The van der Waals surface area contributed by atoms with Gasteiger partial charge < -0.3 is 15.2 Å². The fraction of sp³-hybridized carbons (Fsp3) is 0.444. The summed E-state index contributed by atoms with van der Waals surface area (Å²) in [6.45, 7) is 4.72. The van der Waals surface area contributed by atoms with E-state index < -0.39 is 0 Å². The molecule has 0 saturated heterocycles. The van der Waals surface area contributed by atoms with Gasteiger partial charge in [0, 0.05) is 19.9 Å². The molecule has 7 nitrogen and oxygen atoms in total. The van der Waals surface area contributed by atoms with E-state index in [9.17, 15) is 9.59 Å². The first-order valence-electron chi connectivity index (χ1n) is 8.54. The van der Waals surface area contributed by atoms with Gasteiger partial charge in [-0.05, 0) is 18.9 Å². The Morgan fingerprint density at radius 1 is 1.24 bits per heavy atom. The fourth-order valence-corrected chi connectivity index (χ4v) is 3.07. The fourth-order valence-electron chi connectivity index (χ4n) is 3.07. The first kappa shape index (κ1) is 17.1. The molecule has 1 aliphatic heterocycles. The molecule has 2 heterocycles. The first-order chi connectivity index (χ1) is 12.0. The van der Waals surface area contributed by atoms with Gasteiger partial charge in [-0.1, -0.05) is 29.8 Å². The van der Waals surface area contributed by atoms with Crippen LogP contribution >= 0.6 is 0 Å². The van der Waals surface area contributed by atoms with E-state index in [0.717, 1.165) is 42.2 Å². The standard InChI is InChI=1S/C18H23N5O2/c1-12-5-7-14(8-6-12)15(20-13(2)24)10-18(25)19-11-17-22-21-16-4-3-9-23(16)17/h5-8,15H,3-4,9-11H2,1-2H3,(H,19,25)(H,20,24)/t15-/m0/s1. The normalized spacial score (nSPS) is 14.0. The Morgan fingerprint density at radius 2 is 2.00 bits per heavy atom. The third-order valence-corrected chi connectivity index (χ3v) is 4.38. The number of nitrogens with one attached hydrogen (secondary N) is 2. The maximum atomic E-state index is 12.4. The zero-order valence-corrected chi connectivity index (χ0v) is 14.6. The van der Waals surface area contributed by atoms with E-state index in [1.807, 2.05) is 31.2 Å². The summed E-state index contributed by atoms with van der Waals surface area (Å²) in [5.74, 6) is 1.48. The molecule has 3 rings (SSSR count). The molecule has 0 aliphatic carbocycles. The Hall–Kier alpha value is -2.70. The highest BCUT2D eigenvalue weighted by Crippen LogP contribution is 2.18. The van der Waals surface area contributed by atoms with Gasteiger partial charge in [-0.15, -0.1) is 10.2 Å². The second-order valence-corrected chi connectivity index (χ2v) is 6.43. The van der Waals surface area contributed by atoms with Crippen LogP contribution in [0.4, 0.5) is 0 Å². The van der Waals surface area contributed by atoms with Crippen LogP contribution in [0.25, 0.3) is 0 Å². The quantitative estimate of drug-likeness (QED) is 0.831. The van der Waals surface area contributed by atoms with Crippen molar-refractivity contribution in [3.8, 4) is 0 Å². The lowest BCUT2D eigenvalue weighted by Crippen LogP contribution is -2.32. The van der Waals surface area contributed by atoms with Crippen molar-refractivity contribution in [2.24, 2.45) is 0 Å². The van der Waals surface area contributed by atoms with E-state index in [2.05, 4.69) is 25.4 Å². The summed E-state index contributed by atoms with van der Waals surface area (Å²) in [6.07, 6.45) is 2.20. The molecule has 2 aromatic rings. The van der Waals surface area contributed by atoms with E-state index in [4.69, 9.17) is 0 Å². The number of hydrogen-bond acceptors (Lipinski definition) is 4. The minimum atomic E-state index is -0.345. The molecule has 25 heavy (non-hydrogen) atoms. The lowest BCUT2D eigenvalue weighted by atomic mass is 10.0.